The molecule has 0 saturated heterocycles. The van der Waals surface area contributed by atoms with Crippen molar-refractivity contribution in [1.82, 2.24) is 4.90 Å². The van der Waals surface area contributed by atoms with E-state index in [1.807, 2.05) is 54.6 Å². The fraction of sp³-hybridized carbons (Fsp3) is 0.300. The van der Waals surface area contributed by atoms with Crippen molar-refractivity contribution in [2.24, 2.45) is 0 Å². The van der Waals surface area contributed by atoms with Gasteiger partial charge in [0, 0.05) is 30.4 Å². The topological polar surface area (TPSA) is 58.6 Å². The molecule has 0 aliphatic carbocycles. The second-order valence-electron chi connectivity index (χ2n) is 5.85. The van der Waals surface area contributed by atoms with E-state index in [9.17, 15) is 9.59 Å². The first-order chi connectivity index (χ1) is 13.1. The average Bonchev–Trinajstić information content (AvgIpc) is 2.65. The van der Waals surface area contributed by atoms with E-state index < -0.39 is 0 Å². The van der Waals surface area contributed by atoms with Crippen molar-refractivity contribution in [3.63, 3.8) is 0 Å². The normalized spacial score (nSPS) is 10.4. The zero-order valence-corrected chi connectivity index (χ0v) is 17.6. The molecule has 2 aromatic carbocycles. The van der Waals surface area contributed by atoms with E-state index >= 15 is 0 Å². The fourth-order valence-corrected chi connectivity index (χ4v) is 3.50. The molecule has 2 rings (SSSR count). The van der Waals surface area contributed by atoms with Gasteiger partial charge in [-0.3, -0.25) is 9.59 Å². The van der Waals surface area contributed by atoms with Crippen LogP contribution in [0.25, 0.3) is 0 Å². The number of hydrogen-bond donors (Lipinski definition) is 1. The number of carbonyl (C=O) groups excluding carboxylic acids is 2. The van der Waals surface area contributed by atoms with Gasteiger partial charge in [0.25, 0.3) is 0 Å². The van der Waals surface area contributed by atoms with E-state index in [1.54, 1.807) is 12.0 Å². The highest BCUT2D eigenvalue weighted by Crippen LogP contribution is 2.16. The molecule has 0 aromatic heterocycles. The van der Waals surface area contributed by atoms with Crippen LogP contribution in [0.5, 0.6) is 0 Å². The Morgan fingerprint density at radius 3 is 2.59 bits per heavy atom. The summed E-state index contributed by atoms with van der Waals surface area (Å²) >= 11 is 4.68. The van der Waals surface area contributed by atoms with Crippen LogP contribution in [0.1, 0.15) is 5.56 Å². The number of nitrogens with zero attached hydrogens (tertiary/aromatic N) is 1. The van der Waals surface area contributed by atoms with E-state index in [0.29, 0.717) is 19.7 Å². The van der Waals surface area contributed by atoms with Crippen LogP contribution in [0.4, 0.5) is 5.69 Å². The van der Waals surface area contributed by atoms with Crippen LogP contribution in [-0.4, -0.2) is 48.5 Å². The van der Waals surface area contributed by atoms with Crippen molar-refractivity contribution in [2.45, 2.75) is 6.54 Å². The molecular formula is C20H23BrN2O3S. The lowest BCUT2D eigenvalue weighted by molar-refractivity contribution is -0.129. The molecule has 1 N–H and O–H groups in total. The first kappa shape index (κ1) is 21.5. The molecule has 0 aliphatic heterocycles. The number of benzene rings is 2. The number of nitrogens with one attached hydrogen (secondary N) is 1. The highest BCUT2D eigenvalue weighted by atomic mass is 79.9. The standard InChI is InChI=1S/C20H23BrN2O3S/c1-26-11-10-23(13-16-6-3-2-4-7-16)20(25)15-27-14-19(24)22-18-9-5-8-17(21)12-18/h2-9,12H,10-11,13-15H2,1H3,(H,22,24). The first-order valence-electron chi connectivity index (χ1n) is 8.52. The molecule has 0 aliphatic rings. The minimum absolute atomic E-state index is 0.00356. The summed E-state index contributed by atoms with van der Waals surface area (Å²) in [5, 5.41) is 2.83. The van der Waals surface area contributed by atoms with Gasteiger partial charge in [-0.2, -0.15) is 0 Å². The molecule has 0 unspecified atom stereocenters. The maximum absolute atomic E-state index is 12.5. The Morgan fingerprint density at radius 1 is 1.11 bits per heavy atom. The van der Waals surface area contributed by atoms with E-state index in [1.165, 1.54) is 11.8 Å². The molecule has 0 atom stereocenters. The number of rotatable bonds is 10. The molecule has 2 amide bonds. The van der Waals surface area contributed by atoms with Gasteiger partial charge in [-0.15, -0.1) is 11.8 Å². The van der Waals surface area contributed by atoms with Crippen LogP contribution < -0.4 is 5.32 Å². The van der Waals surface area contributed by atoms with Crippen molar-refractivity contribution in [1.29, 1.82) is 0 Å². The maximum Gasteiger partial charge on any atom is 0.234 e. The molecule has 5 nitrogen and oxygen atoms in total. The number of methoxy groups -OCH3 is 1. The molecule has 0 spiro atoms. The fourth-order valence-electron chi connectivity index (χ4n) is 2.38. The molecule has 0 saturated carbocycles. The predicted octanol–water partition coefficient (Wildman–Crippen LogP) is 3.80. The summed E-state index contributed by atoms with van der Waals surface area (Å²) in [6.45, 7) is 1.54. The summed E-state index contributed by atoms with van der Waals surface area (Å²) in [5.41, 5.74) is 1.80. The van der Waals surface area contributed by atoms with Crippen LogP contribution in [0.15, 0.2) is 59.1 Å². The molecule has 27 heavy (non-hydrogen) atoms. The summed E-state index contributed by atoms with van der Waals surface area (Å²) < 4.78 is 6.01. The quantitative estimate of drug-likeness (QED) is 0.597. The molecule has 0 radical (unpaired) electrons. The van der Waals surface area contributed by atoms with Crippen LogP contribution in [-0.2, 0) is 20.9 Å². The highest BCUT2D eigenvalue weighted by molar-refractivity contribution is 9.10. The molecule has 7 heteroatoms. The highest BCUT2D eigenvalue weighted by Gasteiger charge is 2.15. The first-order valence-corrected chi connectivity index (χ1v) is 10.5. The Labute approximate surface area is 172 Å². The van der Waals surface area contributed by atoms with Crippen molar-refractivity contribution in [3.05, 3.63) is 64.6 Å². The van der Waals surface area contributed by atoms with E-state index in [4.69, 9.17) is 4.74 Å². The van der Waals surface area contributed by atoms with Gasteiger partial charge >= 0.3 is 0 Å². The molecule has 144 valence electrons. The van der Waals surface area contributed by atoms with Crippen LogP contribution in [0.2, 0.25) is 0 Å². The lowest BCUT2D eigenvalue weighted by Gasteiger charge is -2.22. The number of carbonyl (C=O) groups is 2. The van der Waals surface area contributed by atoms with Gasteiger partial charge in [0.05, 0.1) is 18.1 Å². The zero-order chi connectivity index (χ0) is 19.5. The molecule has 0 bridgehead atoms. The van der Waals surface area contributed by atoms with Gasteiger partial charge < -0.3 is 15.0 Å². The van der Waals surface area contributed by atoms with E-state index in [2.05, 4.69) is 21.2 Å². The molecule has 0 fully saturated rings. The van der Waals surface area contributed by atoms with Crippen LogP contribution >= 0.6 is 27.7 Å². The lowest BCUT2D eigenvalue weighted by atomic mass is 10.2. The third-order valence-corrected chi connectivity index (χ3v) is 5.11. The van der Waals surface area contributed by atoms with Gasteiger partial charge in [-0.1, -0.05) is 52.3 Å². The van der Waals surface area contributed by atoms with Gasteiger partial charge in [-0.25, -0.2) is 0 Å². The summed E-state index contributed by atoms with van der Waals surface area (Å²) in [7, 11) is 1.62. The third kappa shape index (κ3) is 8.15. The SMILES string of the molecule is COCCN(Cc1ccccc1)C(=O)CSCC(=O)Nc1cccc(Br)c1. The van der Waals surface area contributed by atoms with Crippen molar-refractivity contribution in [3.8, 4) is 0 Å². The van der Waals surface area contributed by atoms with Gasteiger partial charge in [-0.05, 0) is 23.8 Å². The monoisotopic (exact) mass is 450 g/mol. The Balaban J connectivity index is 1.80. The largest absolute Gasteiger partial charge is 0.383 e. The van der Waals surface area contributed by atoms with Crippen molar-refractivity contribution >= 4 is 45.2 Å². The zero-order valence-electron chi connectivity index (χ0n) is 15.2. The number of ether oxygens (including phenoxy) is 1. The summed E-state index contributed by atoms with van der Waals surface area (Å²) in [5.74, 6) is 0.345. The lowest BCUT2D eigenvalue weighted by Crippen LogP contribution is -2.35. The molecular weight excluding hydrogens is 428 g/mol. The predicted molar refractivity (Wildman–Crippen MR) is 114 cm³/mol. The second-order valence-corrected chi connectivity index (χ2v) is 7.75. The summed E-state index contributed by atoms with van der Waals surface area (Å²) in [6, 6.07) is 17.2. The number of hydrogen-bond acceptors (Lipinski definition) is 4. The summed E-state index contributed by atoms with van der Waals surface area (Å²) in [6.07, 6.45) is 0. The Kier molecular flexibility index (Phi) is 9.38. The van der Waals surface area contributed by atoms with Gasteiger partial charge in [0.1, 0.15) is 0 Å². The smallest absolute Gasteiger partial charge is 0.234 e. The molecule has 0 heterocycles. The van der Waals surface area contributed by atoms with E-state index in [0.717, 1.165) is 15.7 Å². The number of halogens is 1. The van der Waals surface area contributed by atoms with Crippen LogP contribution in [0, 0.1) is 0 Å². The number of thioether (sulfide) groups is 1. The average molecular weight is 451 g/mol. The summed E-state index contributed by atoms with van der Waals surface area (Å²) in [4.78, 5) is 26.4. The minimum Gasteiger partial charge on any atom is -0.383 e. The minimum atomic E-state index is -0.127. The maximum atomic E-state index is 12.5. The van der Waals surface area contributed by atoms with Gasteiger partial charge in [0.2, 0.25) is 11.8 Å². The third-order valence-electron chi connectivity index (χ3n) is 3.70. The number of amides is 2. The van der Waals surface area contributed by atoms with Crippen molar-refractivity contribution in [2.75, 3.05) is 37.1 Å². The van der Waals surface area contributed by atoms with Crippen molar-refractivity contribution < 1.29 is 14.3 Å². The Bertz CT molecular complexity index is 743. The molecule has 2 aromatic rings. The number of anilines is 1. The van der Waals surface area contributed by atoms with Gasteiger partial charge in [0.15, 0.2) is 0 Å². The van der Waals surface area contributed by atoms with E-state index in [-0.39, 0.29) is 23.3 Å². The van der Waals surface area contributed by atoms with Crippen LogP contribution in [0.3, 0.4) is 0 Å². The Hall–Kier alpha value is -1.83. The second kappa shape index (κ2) is 11.8. The Morgan fingerprint density at radius 2 is 1.89 bits per heavy atom.